The van der Waals surface area contributed by atoms with E-state index in [9.17, 15) is 22.8 Å². The number of halogens is 3. The summed E-state index contributed by atoms with van der Waals surface area (Å²) in [7, 11) is 3.26. The number of hydrogen-bond acceptors (Lipinski definition) is 6. The molecule has 39 heavy (non-hydrogen) atoms. The summed E-state index contributed by atoms with van der Waals surface area (Å²) in [6.45, 7) is 1.38. The van der Waals surface area contributed by atoms with Crippen molar-refractivity contribution in [2.75, 3.05) is 12.8 Å². The van der Waals surface area contributed by atoms with E-state index in [1.54, 1.807) is 60.4 Å². The van der Waals surface area contributed by atoms with Crippen LogP contribution in [-0.2, 0) is 24.7 Å². The third-order valence-electron chi connectivity index (χ3n) is 6.47. The number of carbonyl (C=O) groups is 2. The number of fused-ring (bicyclic) bond motifs is 3. The summed E-state index contributed by atoms with van der Waals surface area (Å²) in [6.07, 6.45) is -0.970. The molecule has 0 unspecified atom stereocenters. The summed E-state index contributed by atoms with van der Waals surface area (Å²) in [4.78, 5) is 30.4. The minimum Gasteiger partial charge on any atom is -0.383 e. The summed E-state index contributed by atoms with van der Waals surface area (Å²) in [5.74, 6) is -0.460. The van der Waals surface area contributed by atoms with Gasteiger partial charge in [0.05, 0.1) is 35.4 Å². The number of pyridine rings is 1. The van der Waals surface area contributed by atoms with Gasteiger partial charge in [-0.25, -0.2) is 9.99 Å². The fourth-order valence-corrected chi connectivity index (χ4v) is 4.31. The molecule has 0 radical (unpaired) electrons. The molecule has 0 atom stereocenters. The number of nitrogen functional groups attached to an aromatic ring is 1. The third kappa shape index (κ3) is 4.74. The van der Waals surface area contributed by atoms with Gasteiger partial charge in [-0.05, 0) is 29.3 Å². The predicted molar refractivity (Wildman–Crippen MR) is 138 cm³/mol. The molecule has 3 heterocycles. The van der Waals surface area contributed by atoms with E-state index in [4.69, 9.17) is 5.73 Å². The highest BCUT2D eigenvalue weighted by Crippen LogP contribution is 2.29. The van der Waals surface area contributed by atoms with Crippen molar-refractivity contribution < 1.29 is 22.8 Å². The Balaban J connectivity index is 1.46. The molecular weight excluding hydrogens is 513 g/mol. The predicted octanol–water partition coefficient (Wildman–Crippen LogP) is 4.08. The average molecular weight is 537 g/mol. The van der Waals surface area contributed by atoms with Crippen LogP contribution in [0.25, 0.3) is 32.9 Å². The molecule has 200 valence electrons. The van der Waals surface area contributed by atoms with Crippen molar-refractivity contribution in [1.29, 1.82) is 0 Å². The van der Waals surface area contributed by atoms with Crippen molar-refractivity contribution >= 4 is 39.4 Å². The molecule has 5 aromatic rings. The Kier molecular flexibility index (Phi) is 6.21. The van der Waals surface area contributed by atoms with Crippen LogP contribution in [0.4, 0.5) is 19.0 Å². The lowest BCUT2D eigenvalue weighted by Gasteiger charge is -2.31. The van der Waals surface area contributed by atoms with Crippen molar-refractivity contribution in [2.45, 2.75) is 19.8 Å². The quantitative estimate of drug-likeness (QED) is 0.346. The van der Waals surface area contributed by atoms with Crippen molar-refractivity contribution in [1.82, 2.24) is 34.6 Å². The molecule has 2 amide bonds. The van der Waals surface area contributed by atoms with Crippen LogP contribution in [0, 0.1) is 0 Å². The second-order valence-corrected chi connectivity index (χ2v) is 9.00. The van der Waals surface area contributed by atoms with Gasteiger partial charge in [0.2, 0.25) is 5.91 Å². The Labute approximate surface area is 220 Å². The molecule has 13 heteroatoms. The van der Waals surface area contributed by atoms with E-state index in [1.807, 2.05) is 0 Å². The molecule has 10 nitrogen and oxygen atoms in total. The number of benzene rings is 2. The molecular formula is C26H23F3N8O2. The zero-order valence-corrected chi connectivity index (χ0v) is 21.1. The number of aryl methyl sites for hydroxylation is 1. The maximum absolute atomic E-state index is 13.7. The van der Waals surface area contributed by atoms with Crippen LogP contribution in [0.3, 0.4) is 0 Å². The minimum atomic E-state index is -4.61. The minimum absolute atomic E-state index is 0.0378. The van der Waals surface area contributed by atoms with Gasteiger partial charge in [-0.1, -0.05) is 24.3 Å². The number of alkyl halides is 3. The fraction of sp³-hybridized carbons (Fsp3) is 0.192. The standard InChI is InChI=1S/C26H23F3N8O2/c1-15(38)35(3)36(13-16-4-6-17(7-5-16)19-11-32-37(14-19)26(27,28)29)25(39)18-8-9-22-20(10-18)23-21(24(30)33-22)12-31-34(23)2/h4-12,14H,13H2,1-3H3,(H2,30,33). The lowest BCUT2D eigenvalue weighted by molar-refractivity contribution is -0.212. The van der Waals surface area contributed by atoms with Gasteiger partial charge in [-0.2, -0.15) is 14.9 Å². The van der Waals surface area contributed by atoms with Gasteiger partial charge in [0.1, 0.15) is 5.82 Å². The maximum Gasteiger partial charge on any atom is 0.504 e. The van der Waals surface area contributed by atoms with Crippen LogP contribution >= 0.6 is 0 Å². The van der Waals surface area contributed by atoms with E-state index in [0.29, 0.717) is 44.4 Å². The molecule has 0 spiro atoms. The van der Waals surface area contributed by atoms with Gasteiger partial charge in [-0.15, -0.1) is 13.2 Å². The molecule has 0 bridgehead atoms. The van der Waals surface area contributed by atoms with E-state index in [-0.39, 0.29) is 17.1 Å². The zero-order valence-electron chi connectivity index (χ0n) is 21.1. The number of rotatable bonds is 4. The summed E-state index contributed by atoms with van der Waals surface area (Å²) >= 11 is 0. The third-order valence-corrected chi connectivity index (χ3v) is 6.47. The molecule has 5 rings (SSSR count). The van der Waals surface area contributed by atoms with E-state index in [1.165, 1.54) is 24.0 Å². The number of hydrogen-bond donors (Lipinski definition) is 1. The van der Waals surface area contributed by atoms with Crippen LogP contribution in [0.5, 0.6) is 0 Å². The van der Waals surface area contributed by atoms with Gasteiger partial charge >= 0.3 is 6.30 Å². The second kappa shape index (κ2) is 9.42. The Morgan fingerprint density at radius 2 is 1.72 bits per heavy atom. The SMILES string of the molecule is CC(=O)N(C)N(Cc1ccc(-c2cnn(C(F)(F)F)c2)cc1)C(=O)c1ccc2nc(N)c3cnn(C)c3c2c1. The number of nitrogens with two attached hydrogens (primary N) is 1. The molecule has 0 saturated carbocycles. The number of aromatic nitrogens is 5. The summed E-state index contributed by atoms with van der Waals surface area (Å²) in [5.41, 5.74) is 9.18. The molecule has 0 aliphatic rings. The number of nitrogens with zero attached hydrogens (tertiary/aromatic N) is 7. The smallest absolute Gasteiger partial charge is 0.383 e. The molecule has 0 aliphatic carbocycles. The summed E-state index contributed by atoms with van der Waals surface area (Å²) < 4.78 is 40.2. The molecule has 0 saturated heterocycles. The van der Waals surface area contributed by atoms with Crippen LogP contribution in [0.2, 0.25) is 0 Å². The Bertz CT molecular complexity index is 1720. The first-order valence-electron chi connectivity index (χ1n) is 11.7. The monoisotopic (exact) mass is 536 g/mol. The highest BCUT2D eigenvalue weighted by Gasteiger charge is 2.31. The summed E-state index contributed by atoms with van der Waals surface area (Å²) in [6, 6.07) is 11.6. The molecule has 2 aromatic carbocycles. The van der Waals surface area contributed by atoms with Crippen LogP contribution in [-0.4, -0.2) is 53.4 Å². The van der Waals surface area contributed by atoms with Crippen LogP contribution in [0.15, 0.2) is 61.1 Å². The maximum atomic E-state index is 13.7. The highest BCUT2D eigenvalue weighted by atomic mass is 19.4. The number of amides is 2. The Morgan fingerprint density at radius 1 is 1.00 bits per heavy atom. The van der Waals surface area contributed by atoms with Crippen molar-refractivity contribution in [3.05, 3.63) is 72.2 Å². The van der Waals surface area contributed by atoms with E-state index in [2.05, 4.69) is 15.2 Å². The van der Waals surface area contributed by atoms with Crippen LogP contribution < -0.4 is 5.73 Å². The van der Waals surface area contributed by atoms with E-state index in [0.717, 1.165) is 17.9 Å². The average Bonchev–Trinajstić information content (AvgIpc) is 3.55. The molecule has 0 fully saturated rings. The Morgan fingerprint density at radius 3 is 2.36 bits per heavy atom. The topological polar surface area (TPSA) is 115 Å². The van der Waals surface area contributed by atoms with Gasteiger partial charge < -0.3 is 5.73 Å². The van der Waals surface area contributed by atoms with Gasteiger partial charge in [0, 0.05) is 43.7 Å². The first-order valence-corrected chi connectivity index (χ1v) is 11.7. The lowest BCUT2D eigenvalue weighted by atomic mass is 10.1. The second-order valence-electron chi connectivity index (χ2n) is 9.00. The molecule has 3 aromatic heterocycles. The molecule has 2 N–H and O–H groups in total. The van der Waals surface area contributed by atoms with Crippen molar-refractivity contribution in [3.8, 4) is 11.1 Å². The largest absolute Gasteiger partial charge is 0.504 e. The van der Waals surface area contributed by atoms with Gasteiger partial charge in [-0.3, -0.25) is 19.3 Å². The number of hydrazine groups is 1. The van der Waals surface area contributed by atoms with Crippen molar-refractivity contribution in [2.24, 2.45) is 7.05 Å². The first-order chi connectivity index (χ1) is 18.4. The fourth-order valence-electron chi connectivity index (χ4n) is 4.31. The van der Waals surface area contributed by atoms with Crippen LogP contribution in [0.1, 0.15) is 22.8 Å². The lowest BCUT2D eigenvalue weighted by Crippen LogP contribution is -2.46. The van der Waals surface area contributed by atoms with E-state index >= 15 is 0 Å². The van der Waals surface area contributed by atoms with Gasteiger partial charge in [0.25, 0.3) is 5.91 Å². The number of anilines is 1. The van der Waals surface area contributed by atoms with Crippen molar-refractivity contribution in [3.63, 3.8) is 0 Å². The Hall–Kier alpha value is -4.94. The molecule has 0 aliphatic heterocycles. The normalized spacial score (nSPS) is 11.7. The summed E-state index contributed by atoms with van der Waals surface area (Å²) in [5, 5.41) is 11.5. The van der Waals surface area contributed by atoms with E-state index < -0.39 is 12.2 Å². The highest BCUT2D eigenvalue weighted by molar-refractivity contribution is 6.10. The first kappa shape index (κ1) is 25.7. The number of carbonyl (C=O) groups excluding carboxylic acids is 2. The zero-order chi connectivity index (χ0) is 28.1. The van der Waals surface area contributed by atoms with Gasteiger partial charge in [0.15, 0.2) is 0 Å².